The smallest absolute Gasteiger partial charge is 0.272 e. The molecule has 3 heterocycles. The highest BCUT2D eigenvalue weighted by Gasteiger charge is 2.23. The van der Waals surface area contributed by atoms with Gasteiger partial charge in [0.2, 0.25) is 23.5 Å². The second-order valence-electron chi connectivity index (χ2n) is 5.78. The van der Waals surface area contributed by atoms with E-state index < -0.39 is 13.0 Å². The molecular weight excluding hydrogens is 334 g/mol. The largest absolute Gasteiger partial charge is 0.472 e. The Bertz CT molecular complexity index is 723. The van der Waals surface area contributed by atoms with Crippen molar-refractivity contribution in [1.82, 2.24) is 20.4 Å². The topological polar surface area (TPSA) is 90.1 Å². The predicted octanol–water partition coefficient (Wildman–Crippen LogP) is 2.23. The van der Waals surface area contributed by atoms with Crippen LogP contribution in [0.25, 0.3) is 11.4 Å². The number of aromatic nitrogens is 3. The van der Waals surface area contributed by atoms with Gasteiger partial charge >= 0.3 is 0 Å². The van der Waals surface area contributed by atoms with E-state index in [9.17, 15) is 13.6 Å². The summed E-state index contributed by atoms with van der Waals surface area (Å²) in [6, 6.07) is 3.09. The van der Waals surface area contributed by atoms with Crippen molar-refractivity contribution in [2.45, 2.75) is 32.1 Å². The van der Waals surface area contributed by atoms with Crippen LogP contribution >= 0.6 is 0 Å². The van der Waals surface area contributed by atoms with Gasteiger partial charge in [-0.05, 0) is 18.9 Å². The van der Waals surface area contributed by atoms with E-state index in [0.717, 1.165) is 19.3 Å². The standard InChI is InChI=1S/C16H18F2N4O3/c17-12(18)9-24-13-7-10(4-6-19-13)15-21-14(25-22-15)8-11-3-1-2-5-20-16(11)23/h4,6-7,11-12H,1-3,5,8-9H2,(H,20,23). The number of hydrogen-bond acceptors (Lipinski definition) is 6. The third-order valence-electron chi connectivity index (χ3n) is 3.89. The Labute approximate surface area is 142 Å². The van der Waals surface area contributed by atoms with Crippen LogP contribution in [0.4, 0.5) is 8.78 Å². The first-order valence-corrected chi connectivity index (χ1v) is 8.09. The average Bonchev–Trinajstić information content (AvgIpc) is 2.98. The molecule has 0 radical (unpaired) electrons. The molecule has 9 heteroatoms. The summed E-state index contributed by atoms with van der Waals surface area (Å²) >= 11 is 0. The van der Waals surface area contributed by atoms with E-state index in [4.69, 9.17) is 9.26 Å². The number of amides is 1. The fraction of sp³-hybridized carbons (Fsp3) is 0.500. The number of alkyl halides is 2. The van der Waals surface area contributed by atoms with E-state index in [0.29, 0.717) is 30.2 Å². The molecule has 0 spiro atoms. The van der Waals surface area contributed by atoms with Crippen molar-refractivity contribution in [2.24, 2.45) is 5.92 Å². The van der Waals surface area contributed by atoms with E-state index in [1.165, 1.54) is 12.3 Å². The molecule has 1 unspecified atom stereocenters. The Morgan fingerprint density at radius 3 is 3.12 bits per heavy atom. The van der Waals surface area contributed by atoms with Crippen molar-refractivity contribution < 1.29 is 22.8 Å². The highest BCUT2D eigenvalue weighted by atomic mass is 19.3. The number of pyridine rings is 1. The molecule has 3 rings (SSSR count). The Balaban J connectivity index is 1.68. The van der Waals surface area contributed by atoms with Crippen molar-refractivity contribution in [1.29, 1.82) is 0 Å². The van der Waals surface area contributed by atoms with E-state index >= 15 is 0 Å². The van der Waals surface area contributed by atoms with Gasteiger partial charge in [0.1, 0.15) is 0 Å². The summed E-state index contributed by atoms with van der Waals surface area (Å²) in [6.45, 7) is -0.0342. The maximum Gasteiger partial charge on any atom is 0.272 e. The zero-order valence-corrected chi connectivity index (χ0v) is 13.5. The van der Waals surface area contributed by atoms with Crippen molar-refractivity contribution >= 4 is 5.91 Å². The molecule has 1 aliphatic heterocycles. The molecule has 1 amide bonds. The van der Waals surface area contributed by atoms with Crippen LogP contribution in [0.5, 0.6) is 5.88 Å². The zero-order chi connectivity index (χ0) is 17.6. The normalized spacial score (nSPS) is 18.0. The summed E-state index contributed by atoms with van der Waals surface area (Å²) in [6.07, 6.45) is 1.94. The quantitative estimate of drug-likeness (QED) is 0.857. The number of ether oxygens (including phenoxy) is 1. The summed E-state index contributed by atoms with van der Waals surface area (Å²) < 4.78 is 34.5. The molecule has 0 aliphatic carbocycles. The Morgan fingerprint density at radius 1 is 1.40 bits per heavy atom. The maximum absolute atomic E-state index is 12.2. The van der Waals surface area contributed by atoms with Gasteiger partial charge in [-0.3, -0.25) is 4.79 Å². The van der Waals surface area contributed by atoms with Gasteiger partial charge in [0.05, 0.1) is 0 Å². The monoisotopic (exact) mass is 352 g/mol. The summed E-state index contributed by atoms with van der Waals surface area (Å²) in [7, 11) is 0. The zero-order valence-electron chi connectivity index (χ0n) is 13.5. The van der Waals surface area contributed by atoms with E-state index in [1.807, 2.05) is 0 Å². The van der Waals surface area contributed by atoms with Crippen molar-refractivity contribution in [2.75, 3.05) is 13.2 Å². The highest BCUT2D eigenvalue weighted by Crippen LogP contribution is 2.22. The van der Waals surface area contributed by atoms with Gasteiger partial charge in [-0.2, -0.15) is 4.98 Å². The first-order chi connectivity index (χ1) is 12.1. The van der Waals surface area contributed by atoms with Crippen LogP contribution in [0.1, 0.15) is 25.2 Å². The molecule has 1 atom stereocenters. The lowest BCUT2D eigenvalue weighted by atomic mass is 9.99. The number of nitrogens with zero attached hydrogens (tertiary/aromatic N) is 3. The Hall–Kier alpha value is -2.58. The molecule has 1 fully saturated rings. The molecule has 1 saturated heterocycles. The summed E-state index contributed by atoms with van der Waals surface area (Å²) in [5, 5.41) is 6.76. The van der Waals surface area contributed by atoms with Gasteiger partial charge in [0.25, 0.3) is 6.43 Å². The number of carbonyl (C=O) groups excluding carboxylic acids is 1. The first kappa shape index (κ1) is 17.2. The van der Waals surface area contributed by atoms with Gasteiger partial charge in [-0.15, -0.1) is 0 Å². The SMILES string of the molecule is O=C1NCCCCC1Cc1nc(-c2ccnc(OCC(F)F)c2)no1. The van der Waals surface area contributed by atoms with Gasteiger partial charge < -0.3 is 14.6 Å². The van der Waals surface area contributed by atoms with Gasteiger partial charge in [-0.25, -0.2) is 13.8 Å². The molecule has 134 valence electrons. The molecule has 7 nitrogen and oxygen atoms in total. The average molecular weight is 352 g/mol. The second kappa shape index (κ2) is 8.00. The molecule has 2 aromatic rings. The van der Waals surface area contributed by atoms with Crippen LogP contribution in [-0.4, -0.2) is 40.6 Å². The number of carbonyl (C=O) groups is 1. The summed E-state index contributed by atoms with van der Waals surface area (Å²) in [5.41, 5.74) is 0.541. The fourth-order valence-corrected chi connectivity index (χ4v) is 2.64. The van der Waals surface area contributed by atoms with E-state index in [2.05, 4.69) is 20.4 Å². The van der Waals surface area contributed by atoms with Crippen LogP contribution in [-0.2, 0) is 11.2 Å². The van der Waals surface area contributed by atoms with Crippen molar-refractivity contribution in [3.8, 4) is 17.3 Å². The van der Waals surface area contributed by atoms with Crippen LogP contribution < -0.4 is 10.1 Å². The lowest BCUT2D eigenvalue weighted by molar-refractivity contribution is -0.124. The second-order valence-corrected chi connectivity index (χ2v) is 5.78. The molecular formula is C16H18F2N4O3. The maximum atomic E-state index is 12.2. The highest BCUT2D eigenvalue weighted by molar-refractivity contribution is 5.79. The number of nitrogens with one attached hydrogen (secondary N) is 1. The predicted molar refractivity (Wildman–Crippen MR) is 83.1 cm³/mol. The van der Waals surface area contributed by atoms with E-state index in [1.54, 1.807) is 6.07 Å². The van der Waals surface area contributed by atoms with Crippen LogP contribution in [0.15, 0.2) is 22.9 Å². The van der Waals surface area contributed by atoms with Gasteiger partial charge in [0, 0.05) is 36.7 Å². The molecule has 2 aromatic heterocycles. The Morgan fingerprint density at radius 2 is 2.28 bits per heavy atom. The number of rotatable bonds is 6. The van der Waals surface area contributed by atoms with Gasteiger partial charge in [0.15, 0.2) is 6.61 Å². The first-order valence-electron chi connectivity index (χ1n) is 8.09. The lowest BCUT2D eigenvalue weighted by Gasteiger charge is -2.09. The number of halogens is 2. The minimum absolute atomic E-state index is 0.00356. The summed E-state index contributed by atoms with van der Waals surface area (Å²) in [5.74, 6) is 0.548. The lowest BCUT2D eigenvalue weighted by Crippen LogP contribution is -2.30. The Kier molecular flexibility index (Phi) is 5.52. The molecule has 1 N–H and O–H groups in total. The van der Waals surface area contributed by atoms with Crippen LogP contribution in [0.3, 0.4) is 0 Å². The van der Waals surface area contributed by atoms with Crippen LogP contribution in [0, 0.1) is 5.92 Å². The summed E-state index contributed by atoms with van der Waals surface area (Å²) in [4.78, 5) is 20.1. The van der Waals surface area contributed by atoms with Crippen LogP contribution in [0.2, 0.25) is 0 Å². The third-order valence-corrected chi connectivity index (χ3v) is 3.89. The van der Waals surface area contributed by atoms with Crippen molar-refractivity contribution in [3.05, 3.63) is 24.2 Å². The molecule has 0 saturated carbocycles. The minimum Gasteiger partial charge on any atom is -0.472 e. The minimum atomic E-state index is -2.58. The fourth-order valence-electron chi connectivity index (χ4n) is 2.64. The number of hydrogen-bond donors (Lipinski definition) is 1. The van der Waals surface area contributed by atoms with Crippen molar-refractivity contribution in [3.63, 3.8) is 0 Å². The molecule has 0 bridgehead atoms. The molecule has 1 aliphatic rings. The molecule has 0 aromatic carbocycles. The van der Waals surface area contributed by atoms with E-state index in [-0.39, 0.29) is 17.7 Å². The van der Waals surface area contributed by atoms with Gasteiger partial charge in [-0.1, -0.05) is 11.6 Å². The third kappa shape index (κ3) is 4.71. The molecule has 25 heavy (non-hydrogen) atoms.